The summed E-state index contributed by atoms with van der Waals surface area (Å²) in [4.78, 5) is 6.74. The third-order valence-electron chi connectivity index (χ3n) is 5.71. The van der Waals surface area contributed by atoms with E-state index in [0.717, 1.165) is 21.5 Å². The lowest BCUT2D eigenvalue weighted by atomic mass is 9.94. The van der Waals surface area contributed by atoms with Crippen LogP contribution < -0.4 is 5.32 Å². The standard InChI is InChI=1S/C22H23ClN4S/c1-13-14(2)27(17-9-7-8-16(23)12-17)15(3)19(13)21-20(25-22(28)26(21)4)18-10-5-6-11-24-18/h5-12,20-21H,1-4H3,(H,25,28)/t20-,21-/m0/s1. The predicted molar refractivity (Wildman–Crippen MR) is 118 cm³/mol. The molecule has 144 valence electrons. The van der Waals surface area contributed by atoms with Crippen molar-refractivity contribution in [1.82, 2.24) is 19.8 Å². The Labute approximate surface area is 176 Å². The first-order valence-corrected chi connectivity index (χ1v) is 10.1. The monoisotopic (exact) mass is 410 g/mol. The zero-order chi connectivity index (χ0) is 20.0. The van der Waals surface area contributed by atoms with Crippen molar-refractivity contribution >= 4 is 28.9 Å². The Hall–Kier alpha value is -2.37. The van der Waals surface area contributed by atoms with Crippen molar-refractivity contribution < 1.29 is 0 Å². The van der Waals surface area contributed by atoms with Gasteiger partial charge in [0.15, 0.2) is 5.11 Å². The molecule has 0 spiro atoms. The molecule has 28 heavy (non-hydrogen) atoms. The van der Waals surface area contributed by atoms with Crippen LogP contribution >= 0.6 is 23.8 Å². The van der Waals surface area contributed by atoms with Crippen LogP contribution in [0.15, 0.2) is 48.7 Å². The summed E-state index contributed by atoms with van der Waals surface area (Å²) in [7, 11) is 2.05. The number of nitrogens with one attached hydrogen (secondary N) is 1. The molecule has 1 aliphatic heterocycles. The van der Waals surface area contributed by atoms with Gasteiger partial charge in [0.25, 0.3) is 0 Å². The van der Waals surface area contributed by atoms with Crippen LogP contribution in [0.25, 0.3) is 5.69 Å². The topological polar surface area (TPSA) is 33.1 Å². The minimum atomic E-state index is 0.00529. The highest BCUT2D eigenvalue weighted by Crippen LogP contribution is 2.42. The van der Waals surface area contributed by atoms with Crippen LogP contribution in [0.5, 0.6) is 0 Å². The minimum absolute atomic E-state index is 0.00529. The fourth-order valence-electron chi connectivity index (χ4n) is 4.26. The summed E-state index contributed by atoms with van der Waals surface area (Å²) in [5.41, 5.74) is 7.01. The van der Waals surface area contributed by atoms with Crippen molar-refractivity contribution in [1.29, 1.82) is 0 Å². The third-order valence-corrected chi connectivity index (χ3v) is 6.35. The van der Waals surface area contributed by atoms with Gasteiger partial charge in [0.2, 0.25) is 0 Å². The number of hydrogen-bond donors (Lipinski definition) is 1. The number of aromatic nitrogens is 2. The minimum Gasteiger partial charge on any atom is -0.352 e. The van der Waals surface area contributed by atoms with Crippen molar-refractivity contribution in [3.8, 4) is 5.69 Å². The number of halogens is 1. The van der Waals surface area contributed by atoms with Gasteiger partial charge in [-0.05, 0) is 68.9 Å². The molecule has 0 amide bonds. The van der Waals surface area contributed by atoms with Crippen LogP contribution in [0.1, 0.15) is 40.3 Å². The Bertz CT molecular complexity index is 1040. The van der Waals surface area contributed by atoms with Crippen molar-refractivity contribution in [3.05, 3.63) is 81.9 Å². The zero-order valence-electron chi connectivity index (χ0n) is 16.4. The average molecular weight is 411 g/mol. The van der Waals surface area contributed by atoms with E-state index in [4.69, 9.17) is 23.8 Å². The van der Waals surface area contributed by atoms with E-state index in [0.29, 0.717) is 0 Å². The second-order valence-electron chi connectivity index (χ2n) is 7.26. The highest BCUT2D eigenvalue weighted by molar-refractivity contribution is 7.80. The van der Waals surface area contributed by atoms with Gasteiger partial charge in [-0.3, -0.25) is 4.98 Å². The summed E-state index contributed by atoms with van der Waals surface area (Å²) < 4.78 is 2.28. The molecule has 1 saturated heterocycles. The van der Waals surface area contributed by atoms with Crippen LogP contribution in [0.3, 0.4) is 0 Å². The Morgan fingerprint density at radius 3 is 2.54 bits per heavy atom. The molecular weight excluding hydrogens is 388 g/mol. The number of benzene rings is 1. The van der Waals surface area contributed by atoms with Crippen molar-refractivity contribution in [2.24, 2.45) is 0 Å². The number of pyridine rings is 1. The molecule has 1 fully saturated rings. The maximum Gasteiger partial charge on any atom is 0.169 e. The maximum atomic E-state index is 6.26. The molecule has 0 radical (unpaired) electrons. The van der Waals surface area contributed by atoms with E-state index in [9.17, 15) is 0 Å². The van der Waals surface area contributed by atoms with Gasteiger partial charge in [-0.15, -0.1) is 0 Å². The Kier molecular flexibility index (Phi) is 4.89. The number of rotatable bonds is 3. The molecule has 1 aromatic carbocycles. The number of thiocarbonyl (C=S) groups is 1. The first-order valence-electron chi connectivity index (χ1n) is 9.28. The lowest BCUT2D eigenvalue weighted by Gasteiger charge is -2.25. The zero-order valence-corrected chi connectivity index (χ0v) is 18.0. The predicted octanol–water partition coefficient (Wildman–Crippen LogP) is 5.05. The molecule has 0 saturated carbocycles. The van der Waals surface area contributed by atoms with Crippen molar-refractivity contribution in [2.75, 3.05) is 7.05 Å². The van der Waals surface area contributed by atoms with E-state index >= 15 is 0 Å². The SMILES string of the molecule is Cc1c([C@H]2[C@H](c3ccccn3)NC(=S)N2C)c(C)n(-c2cccc(Cl)c2)c1C. The van der Waals surface area contributed by atoms with Gasteiger partial charge in [0, 0.05) is 40.9 Å². The molecule has 0 bridgehead atoms. The van der Waals surface area contributed by atoms with Gasteiger partial charge in [-0.1, -0.05) is 23.7 Å². The highest BCUT2D eigenvalue weighted by Gasteiger charge is 2.40. The fraction of sp³-hybridized carbons (Fsp3) is 0.273. The largest absolute Gasteiger partial charge is 0.352 e. The van der Waals surface area contributed by atoms with Crippen LogP contribution in [0, 0.1) is 20.8 Å². The van der Waals surface area contributed by atoms with E-state index in [2.05, 4.69) is 52.7 Å². The van der Waals surface area contributed by atoms with Gasteiger partial charge in [-0.2, -0.15) is 0 Å². The van der Waals surface area contributed by atoms with Crippen LogP contribution in [-0.4, -0.2) is 26.6 Å². The van der Waals surface area contributed by atoms with Gasteiger partial charge in [-0.25, -0.2) is 0 Å². The van der Waals surface area contributed by atoms with Crippen LogP contribution in [-0.2, 0) is 0 Å². The normalized spacial score (nSPS) is 19.2. The number of nitrogens with zero attached hydrogens (tertiary/aromatic N) is 3. The summed E-state index contributed by atoms with van der Waals surface area (Å²) in [6.07, 6.45) is 1.83. The summed E-state index contributed by atoms with van der Waals surface area (Å²) in [5.74, 6) is 0. The second-order valence-corrected chi connectivity index (χ2v) is 8.09. The molecule has 3 aromatic rings. The van der Waals surface area contributed by atoms with Gasteiger partial charge in [0.05, 0.1) is 17.8 Å². The molecule has 2 aromatic heterocycles. The van der Waals surface area contributed by atoms with E-state index < -0.39 is 0 Å². The third kappa shape index (κ3) is 2.99. The quantitative estimate of drug-likeness (QED) is 0.612. The number of hydrogen-bond acceptors (Lipinski definition) is 2. The lowest BCUT2D eigenvalue weighted by Crippen LogP contribution is -2.25. The van der Waals surface area contributed by atoms with Crippen LogP contribution in [0.4, 0.5) is 0 Å². The number of likely N-dealkylation sites (N-methyl/N-ethyl adjacent to an activating group) is 1. The van der Waals surface area contributed by atoms with Crippen molar-refractivity contribution in [3.63, 3.8) is 0 Å². The van der Waals surface area contributed by atoms with Gasteiger partial charge in [0.1, 0.15) is 0 Å². The molecule has 4 nitrogen and oxygen atoms in total. The van der Waals surface area contributed by atoms with E-state index in [1.165, 1.54) is 22.5 Å². The second kappa shape index (κ2) is 7.22. The molecule has 0 aliphatic carbocycles. The molecule has 2 atom stereocenters. The molecule has 3 heterocycles. The van der Waals surface area contributed by atoms with E-state index in [1.54, 1.807) is 0 Å². The molecule has 4 rings (SSSR count). The van der Waals surface area contributed by atoms with E-state index in [-0.39, 0.29) is 12.1 Å². The van der Waals surface area contributed by atoms with E-state index in [1.807, 2.05) is 43.6 Å². The molecule has 1 N–H and O–H groups in total. The molecule has 0 unspecified atom stereocenters. The Morgan fingerprint density at radius 2 is 1.86 bits per heavy atom. The highest BCUT2D eigenvalue weighted by atomic mass is 35.5. The summed E-state index contributed by atoms with van der Waals surface area (Å²) in [6.45, 7) is 6.51. The Balaban J connectivity index is 1.88. The Morgan fingerprint density at radius 1 is 1.07 bits per heavy atom. The summed E-state index contributed by atoms with van der Waals surface area (Å²) in [6, 6.07) is 14.1. The average Bonchev–Trinajstić information content (AvgIpc) is 3.09. The van der Waals surface area contributed by atoms with Crippen LogP contribution in [0.2, 0.25) is 5.02 Å². The first kappa shape index (κ1) is 19.0. The van der Waals surface area contributed by atoms with Gasteiger partial charge >= 0.3 is 0 Å². The molecule has 6 heteroatoms. The fourth-order valence-corrected chi connectivity index (χ4v) is 4.69. The van der Waals surface area contributed by atoms with Gasteiger partial charge < -0.3 is 14.8 Å². The lowest BCUT2D eigenvalue weighted by molar-refractivity contribution is 0.366. The summed E-state index contributed by atoms with van der Waals surface area (Å²) >= 11 is 11.9. The first-order chi connectivity index (χ1) is 13.4. The maximum absolute atomic E-state index is 6.26. The molecule has 1 aliphatic rings. The van der Waals surface area contributed by atoms with Crippen molar-refractivity contribution in [2.45, 2.75) is 32.9 Å². The molecular formula is C22H23ClN4S. The summed E-state index contributed by atoms with van der Waals surface area (Å²) in [5, 5.41) is 4.94. The smallest absolute Gasteiger partial charge is 0.169 e.